The summed E-state index contributed by atoms with van der Waals surface area (Å²) in [5, 5.41) is 0.972. The van der Waals surface area contributed by atoms with Crippen molar-refractivity contribution in [2.75, 3.05) is 7.11 Å². The molecule has 1 fully saturated rings. The van der Waals surface area contributed by atoms with Crippen molar-refractivity contribution in [1.29, 1.82) is 0 Å². The summed E-state index contributed by atoms with van der Waals surface area (Å²) in [5.41, 5.74) is 1.60. The number of hydrogen-bond acceptors (Lipinski definition) is 5. The van der Waals surface area contributed by atoms with Crippen LogP contribution in [0.1, 0.15) is 33.6 Å². The molecule has 2 amide bonds. The molecule has 0 spiro atoms. The van der Waals surface area contributed by atoms with E-state index in [4.69, 9.17) is 4.74 Å². The van der Waals surface area contributed by atoms with Crippen molar-refractivity contribution in [3.8, 4) is 0 Å². The number of methoxy groups -OCH3 is 1. The van der Waals surface area contributed by atoms with Gasteiger partial charge in [-0.25, -0.2) is 20.0 Å². The lowest BCUT2D eigenvalue weighted by molar-refractivity contribution is -0.151. The Morgan fingerprint density at radius 1 is 1.39 bits per heavy atom. The van der Waals surface area contributed by atoms with Gasteiger partial charge in [0.15, 0.2) is 6.04 Å². The first kappa shape index (κ1) is 14.3. The van der Waals surface area contributed by atoms with Gasteiger partial charge >= 0.3 is 12.1 Å². The molecule has 1 atom stereocenters. The topological polar surface area (TPSA) is 84.9 Å². The monoisotopic (exact) mass is 258 g/mol. The highest BCUT2D eigenvalue weighted by Crippen LogP contribution is 2.18. The summed E-state index contributed by atoms with van der Waals surface area (Å²) in [7, 11) is 1.23. The molecular formula is C11H18N2O5. The Morgan fingerprint density at radius 2 is 2.00 bits per heavy atom. The fourth-order valence-corrected chi connectivity index (χ4v) is 1.58. The van der Waals surface area contributed by atoms with Crippen LogP contribution >= 0.6 is 0 Å². The molecule has 0 aromatic heterocycles. The van der Waals surface area contributed by atoms with E-state index >= 15 is 0 Å². The molecule has 7 nitrogen and oxygen atoms in total. The minimum Gasteiger partial charge on any atom is -0.467 e. The highest BCUT2D eigenvalue weighted by Gasteiger charge is 2.38. The normalized spacial score (nSPS) is 19.7. The zero-order valence-corrected chi connectivity index (χ0v) is 11.0. The van der Waals surface area contributed by atoms with Gasteiger partial charge in [0.1, 0.15) is 5.60 Å². The molecule has 1 N–H and O–H groups in total. The zero-order valence-electron chi connectivity index (χ0n) is 11.0. The van der Waals surface area contributed by atoms with E-state index in [0.29, 0.717) is 6.42 Å². The SMILES string of the molecule is COC(=O)[C@@H]1CCC(=O)N1NC(=O)OC(C)(C)C. The molecule has 1 aliphatic heterocycles. The number of carbonyl (C=O) groups is 3. The summed E-state index contributed by atoms with van der Waals surface area (Å²) in [4.78, 5) is 34.5. The van der Waals surface area contributed by atoms with E-state index in [1.165, 1.54) is 7.11 Å². The smallest absolute Gasteiger partial charge is 0.426 e. The first-order valence-corrected chi connectivity index (χ1v) is 5.64. The van der Waals surface area contributed by atoms with Crippen molar-refractivity contribution in [2.24, 2.45) is 0 Å². The van der Waals surface area contributed by atoms with E-state index < -0.39 is 23.7 Å². The van der Waals surface area contributed by atoms with Gasteiger partial charge in [-0.05, 0) is 27.2 Å². The van der Waals surface area contributed by atoms with Crippen LogP contribution in [-0.4, -0.2) is 41.7 Å². The third kappa shape index (κ3) is 3.61. The van der Waals surface area contributed by atoms with Crippen molar-refractivity contribution in [1.82, 2.24) is 10.4 Å². The summed E-state index contributed by atoms with van der Waals surface area (Å²) >= 11 is 0. The molecule has 1 rings (SSSR count). The molecule has 102 valence electrons. The fourth-order valence-electron chi connectivity index (χ4n) is 1.58. The molecule has 18 heavy (non-hydrogen) atoms. The second-order valence-corrected chi connectivity index (χ2v) is 4.96. The van der Waals surface area contributed by atoms with Crippen LogP contribution in [0.2, 0.25) is 0 Å². The van der Waals surface area contributed by atoms with Crippen LogP contribution in [0.4, 0.5) is 4.79 Å². The Balaban J connectivity index is 2.65. The fraction of sp³-hybridized carbons (Fsp3) is 0.727. The molecule has 7 heteroatoms. The highest BCUT2D eigenvalue weighted by atomic mass is 16.6. The Bertz CT molecular complexity index is 361. The molecule has 0 radical (unpaired) electrons. The number of amides is 2. The van der Waals surface area contributed by atoms with Crippen molar-refractivity contribution in [3.05, 3.63) is 0 Å². The van der Waals surface area contributed by atoms with E-state index in [0.717, 1.165) is 5.01 Å². The van der Waals surface area contributed by atoms with E-state index in [1.807, 2.05) is 0 Å². The van der Waals surface area contributed by atoms with Crippen LogP contribution in [0.25, 0.3) is 0 Å². The maximum Gasteiger partial charge on any atom is 0.426 e. The van der Waals surface area contributed by atoms with Crippen LogP contribution in [-0.2, 0) is 19.1 Å². The van der Waals surface area contributed by atoms with Gasteiger partial charge in [-0.2, -0.15) is 0 Å². The number of hydrogen-bond donors (Lipinski definition) is 1. The molecule has 0 unspecified atom stereocenters. The Kier molecular flexibility index (Phi) is 4.15. The maximum absolute atomic E-state index is 11.6. The average Bonchev–Trinajstić information content (AvgIpc) is 2.57. The largest absolute Gasteiger partial charge is 0.467 e. The van der Waals surface area contributed by atoms with Gasteiger partial charge in [0, 0.05) is 6.42 Å². The van der Waals surface area contributed by atoms with Crippen LogP contribution < -0.4 is 5.43 Å². The van der Waals surface area contributed by atoms with Crippen LogP contribution in [0, 0.1) is 0 Å². The highest BCUT2D eigenvalue weighted by molar-refractivity contribution is 5.89. The standard InChI is InChI=1S/C11H18N2O5/c1-11(2,3)18-10(16)12-13-7(9(15)17-4)5-6-8(13)14/h7H,5-6H2,1-4H3,(H,12,16)/t7-/m0/s1. The van der Waals surface area contributed by atoms with Crippen molar-refractivity contribution >= 4 is 18.0 Å². The Morgan fingerprint density at radius 3 is 2.50 bits per heavy atom. The van der Waals surface area contributed by atoms with Crippen LogP contribution in [0.5, 0.6) is 0 Å². The summed E-state index contributed by atoms with van der Waals surface area (Å²) in [6.45, 7) is 5.11. The maximum atomic E-state index is 11.6. The lowest BCUT2D eigenvalue weighted by Gasteiger charge is -2.26. The quantitative estimate of drug-likeness (QED) is 0.733. The lowest BCUT2D eigenvalue weighted by atomic mass is 10.2. The second-order valence-electron chi connectivity index (χ2n) is 4.96. The first-order chi connectivity index (χ1) is 8.24. The van der Waals surface area contributed by atoms with E-state index in [1.54, 1.807) is 20.8 Å². The lowest BCUT2D eigenvalue weighted by Crippen LogP contribution is -2.51. The van der Waals surface area contributed by atoms with Crippen molar-refractivity contribution in [3.63, 3.8) is 0 Å². The number of rotatable bonds is 2. The third-order valence-electron chi connectivity index (χ3n) is 2.30. The van der Waals surface area contributed by atoms with Gasteiger partial charge in [-0.3, -0.25) is 4.79 Å². The number of carbonyl (C=O) groups excluding carboxylic acids is 3. The Labute approximate surface area is 105 Å². The molecular weight excluding hydrogens is 240 g/mol. The van der Waals surface area contributed by atoms with Gasteiger partial charge in [0.05, 0.1) is 7.11 Å². The van der Waals surface area contributed by atoms with E-state index in [2.05, 4.69) is 10.2 Å². The molecule has 0 bridgehead atoms. The van der Waals surface area contributed by atoms with Crippen LogP contribution in [0.15, 0.2) is 0 Å². The molecule has 1 saturated heterocycles. The first-order valence-electron chi connectivity index (χ1n) is 5.64. The minimum absolute atomic E-state index is 0.190. The van der Waals surface area contributed by atoms with Gasteiger partial charge in [0.2, 0.25) is 5.91 Å². The van der Waals surface area contributed by atoms with E-state index in [9.17, 15) is 14.4 Å². The Hall–Kier alpha value is -1.79. The summed E-state index contributed by atoms with van der Waals surface area (Å²) in [5.74, 6) is -0.895. The van der Waals surface area contributed by atoms with Gasteiger partial charge in [-0.15, -0.1) is 0 Å². The third-order valence-corrected chi connectivity index (χ3v) is 2.30. The number of hydrazine groups is 1. The summed E-state index contributed by atoms with van der Waals surface area (Å²) < 4.78 is 9.58. The number of esters is 1. The molecule has 0 saturated carbocycles. The number of nitrogens with one attached hydrogen (secondary N) is 1. The van der Waals surface area contributed by atoms with Gasteiger partial charge in [-0.1, -0.05) is 0 Å². The molecule has 0 aromatic carbocycles. The summed E-state index contributed by atoms with van der Waals surface area (Å²) in [6, 6.07) is -0.782. The number of ether oxygens (including phenoxy) is 2. The van der Waals surface area contributed by atoms with Crippen LogP contribution in [0.3, 0.4) is 0 Å². The second kappa shape index (κ2) is 5.24. The average molecular weight is 258 g/mol. The van der Waals surface area contributed by atoms with Gasteiger partial charge in [0.25, 0.3) is 0 Å². The van der Waals surface area contributed by atoms with Gasteiger partial charge < -0.3 is 9.47 Å². The molecule has 0 aliphatic carbocycles. The summed E-state index contributed by atoms with van der Waals surface area (Å²) in [6.07, 6.45) is -0.261. The molecule has 1 aliphatic rings. The number of nitrogens with zero attached hydrogens (tertiary/aromatic N) is 1. The van der Waals surface area contributed by atoms with E-state index in [-0.39, 0.29) is 12.3 Å². The van der Waals surface area contributed by atoms with Crippen molar-refractivity contribution in [2.45, 2.75) is 45.3 Å². The molecule has 1 heterocycles. The predicted molar refractivity (Wildman–Crippen MR) is 61.3 cm³/mol. The minimum atomic E-state index is -0.782. The zero-order chi connectivity index (χ0) is 13.9. The molecule has 0 aromatic rings. The van der Waals surface area contributed by atoms with Crippen molar-refractivity contribution < 1.29 is 23.9 Å². The predicted octanol–water partition coefficient (Wildman–Crippen LogP) is 0.590.